The molecule has 47 heavy (non-hydrogen) atoms. The van der Waals surface area contributed by atoms with Crippen molar-refractivity contribution in [3.05, 3.63) is 170 Å². The van der Waals surface area contributed by atoms with Gasteiger partial charge in [-0.25, -0.2) is 0 Å². The Morgan fingerprint density at radius 3 is 1.77 bits per heavy atom. The van der Waals surface area contributed by atoms with Gasteiger partial charge in [-0.3, -0.25) is 0 Å². The van der Waals surface area contributed by atoms with Crippen molar-refractivity contribution in [3.8, 4) is 33.4 Å². The van der Waals surface area contributed by atoms with Crippen LogP contribution in [0.5, 0.6) is 0 Å². The molecule has 0 spiro atoms. The van der Waals surface area contributed by atoms with Gasteiger partial charge in [-0.2, -0.15) is 0 Å². The molecule has 0 aliphatic rings. The Morgan fingerprint density at radius 1 is 0.404 bits per heavy atom. The largest absolute Gasteiger partial charge is 0.455 e. The highest BCUT2D eigenvalue weighted by molar-refractivity contribution is 6.25. The Bertz CT molecular complexity index is 3460. The second-order valence-corrected chi connectivity index (χ2v) is 11.5. The van der Waals surface area contributed by atoms with Gasteiger partial charge in [0.2, 0.25) is 0 Å². The van der Waals surface area contributed by atoms with Gasteiger partial charge < -0.3 is 4.42 Å². The molecule has 0 saturated carbocycles. The van der Waals surface area contributed by atoms with Gasteiger partial charge in [-0.1, -0.05) is 151 Å². The molecule has 0 saturated heterocycles. The van der Waals surface area contributed by atoms with E-state index in [0.717, 1.165) is 21.9 Å². The summed E-state index contributed by atoms with van der Waals surface area (Å²) in [6.07, 6.45) is 0. The van der Waals surface area contributed by atoms with Crippen LogP contribution >= 0.6 is 0 Å². The molecule has 0 fully saturated rings. The van der Waals surface area contributed by atoms with E-state index in [0.29, 0.717) is 43.8 Å². The van der Waals surface area contributed by atoms with E-state index in [4.69, 9.17) is 18.1 Å². The van der Waals surface area contributed by atoms with Crippen molar-refractivity contribution >= 4 is 65.0 Å². The number of hydrogen-bond donors (Lipinski definition) is 0. The molecular formula is C46H28O. The Balaban J connectivity index is 1.35. The van der Waals surface area contributed by atoms with Crippen LogP contribution in [0.1, 0.15) is 16.4 Å². The molecule has 10 aromatic rings. The normalized spacial score (nSPS) is 15.4. The molecule has 9 aromatic carbocycles. The maximum atomic E-state index is 9.68. The van der Waals surface area contributed by atoms with E-state index in [-0.39, 0.29) is 56.9 Å². The summed E-state index contributed by atoms with van der Waals surface area (Å²) in [6, 6.07) is 25.3. The minimum atomic E-state index is -0.522. The van der Waals surface area contributed by atoms with Crippen LogP contribution in [0.2, 0.25) is 0 Å². The molecule has 0 unspecified atom stereocenters. The van der Waals surface area contributed by atoms with E-state index in [1.807, 2.05) is 91.0 Å². The summed E-state index contributed by atoms with van der Waals surface area (Å²) >= 11 is 0. The summed E-state index contributed by atoms with van der Waals surface area (Å²) in [5, 5.41) is 3.97. The standard InChI is InChI=1S/C46H28O/c1-2-13-30(14-3-1)40-28-42-41-27-31(25-26-43(41)47-46(42)39-23-11-6-18-33(39)40)44-35-19-7-9-21-37(35)45(38-22-10-8-20-36(38)44)34-24-12-16-29-15-4-5-17-32(29)34/h1-28H/i4D,5D,6D,11D,12D,15D,16D,17D,18D,23D,24D,28D. The van der Waals surface area contributed by atoms with E-state index in [9.17, 15) is 2.74 Å². The first-order valence-electron chi connectivity index (χ1n) is 21.2. The lowest BCUT2D eigenvalue weighted by molar-refractivity contribution is 0.673. The molecule has 1 heteroatoms. The van der Waals surface area contributed by atoms with Gasteiger partial charge >= 0.3 is 0 Å². The van der Waals surface area contributed by atoms with Gasteiger partial charge in [0.15, 0.2) is 0 Å². The Kier molecular flexibility index (Phi) is 3.66. The first kappa shape index (κ1) is 16.9. The lowest BCUT2D eigenvalue weighted by Crippen LogP contribution is -1.91. The highest BCUT2D eigenvalue weighted by Gasteiger charge is 2.20. The van der Waals surface area contributed by atoms with E-state index >= 15 is 0 Å². The molecule has 0 aliphatic carbocycles. The van der Waals surface area contributed by atoms with E-state index in [2.05, 4.69) is 0 Å². The van der Waals surface area contributed by atoms with E-state index < -0.39 is 48.3 Å². The molecule has 0 amide bonds. The van der Waals surface area contributed by atoms with Crippen molar-refractivity contribution in [2.75, 3.05) is 0 Å². The maximum absolute atomic E-state index is 9.68. The number of fused-ring (bicyclic) bond motifs is 8. The van der Waals surface area contributed by atoms with Crippen molar-refractivity contribution in [1.82, 2.24) is 0 Å². The predicted molar refractivity (Wildman–Crippen MR) is 200 cm³/mol. The van der Waals surface area contributed by atoms with Crippen molar-refractivity contribution < 1.29 is 20.9 Å². The molecule has 0 aliphatic heterocycles. The molecule has 0 radical (unpaired) electrons. The highest BCUT2D eigenvalue weighted by Crippen LogP contribution is 2.47. The SMILES string of the molecule is [2H]c1c([2H])c([2H])c2c(-c3c4ccccc4c(-c4ccc5oc6c7c([2H])c([2H])c([2H])c([2H])c7c(-c7ccccc7)c([2H])c6c5c4)c4ccccc34)c([2H])c([2H])c([2H])c2c1[2H]. The van der Waals surface area contributed by atoms with Gasteiger partial charge in [0, 0.05) is 16.2 Å². The second kappa shape index (κ2) is 10.2. The Morgan fingerprint density at radius 2 is 1.02 bits per heavy atom. The molecule has 218 valence electrons. The molecular weight excluding hydrogens is 569 g/mol. The minimum Gasteiger partial charge on any atom is -0.455 e. The molecule has 1 heterocycles. The fourth-order valence-electron chi connectivity index (χ4n) is 6.94. The summed E-state index contributed by atoms with van der Waals surface area (Å²) in [4.78, 5) is 0. The number of hydrogen-bond acceptors (Lipinski definition) is 1. The van der Waals surface area contributed by atoms with Crippen LogP contribution in [0.4, 0.5) is 0 Å². The lowest BCUT2D eigenvalue weighted by Gasteiger charge is -2.18. The fourth-order valence-corrected chi connectivity index (χ4v) is 6.94. The van der Waals surface area contributed by atoms with Crippen molar-refractivity contribution in [2.24, 2.45) is 0 Å². The molecule has 0 bridgehead atoms. The molecule has 1 aromatic heterocycles. The monoisotopic (exact) mass is 608 g/mol. The van der Waals surface area contributed by atoms with E-state index in [1.54, 1.807) is 6.07 Å². The number of rotatable bonds is 3. The summed E-state index contributed by atoms with van der Waals surface area (Å²) in [5.74, 6) is 0. The smallest absolute Gasteiger partial charge is 0.143 e. The van der Waals surface area contributed by atoms with Gasteiger partial charge in [0.25, 0.3) is 0 Å². The fraction of sp³-hybridized carbons (Fsp3) is 0. The Labute approximate surface area is 288 Å². The quantitative estimate of drug-likeness (QED) is 0.182. The number of benzene rings is 9. The minimum absolute atomic E-state index is 0.00117. The third-order valence-corrected chi connectivity index (χ3v) is 8.95. The van der Waals surface area contributed by atoms with Crippen LogP contribution in [0.25, 0.3) is 98.4 Å². The Hall–Kier alpha value is -6.18. The van der Waals surface area contributed by atoms with Crippen LogP contribution < -0.4 is 0 Å². The van der Waals surface area contributed by atoms with Gasteiger partial charge in [-0.05, 0) is 89.3 Å². The van der Waals surface area contributed by atoms with Crippen molar-refractivity contribution in [2.45, 2.75) is 0 Å². The van der Waals surface area contributed by atoms with Crippen LogP contribution in [-0.2, 0) is 0 Å². The first-order chi connectivity index (χ1) is 28.3. The van der Waals surface area contributed by atoms with Crippen molar-refractivity contribution in [3.63, 3.8) is 0 Å². The van der Waals surface area contributed by atoms with Crippen LogP contribution in [0, 0.1) is 0 Å². The third-order valence-electron chi connectivity index (χ3n) is 8.95. The maximum Gasteiger partial charge on any atom is 0.143 e. The van der Waals surface area contributed by atoms with Gasteiger partial charge in [-0.15, -0.1) is 0 Å². The van der Waals surface area contributed by atoms with Gasteiger partial charge in [0.05, 0.1) is 16.4 Å². The molecule has 0 N–H and O–H groups in total. The van der Waals surface area contributed by atoms with Crippen LogP contribution in [0.3, 0.4) is 0 Å². The van der Waals surface area contributed by atoms with Crippen molar-refractivity contribution in [1.29, 1.82) is 0 Å². The zero-order valence-corrected chi connectivity index (χ0v) is 24.6. The second-order valence-electron chi connectivity index (χ2n) is 11.5. The zero-order valence-electron chi connectivity index (χ0n) is 36.6. The van der Waals surface area contributed by atoms with Gasteiger partial charge in [0.1, 0.15) is 11.2 Å². The highest BCUT2D eigenvalue weighted by atomic mass is 16.3. The average Bonchev–Trinajstić information content (AvgIpc) is 3.64. The number of furan rings is 1. The van der Waals surface area contributed by atoms with E-state index in [1.165, 1.54) is 0 Å². The summed E-state index contributed by atoms with van der Waals surface area (Å²) in [7, 11) is 0. The summed E-state index contributed by atoms with van der Waals surface area (Å²) in [6.45, 7) is 0. The molecule has 1 nitrogen and oxygen atoms in total. The summed E-state index contributed by atoms with van der Waals surface area (Å²) < 4.78 is 113. The predicted octanol–water partition coefficient (Wildman–Crippen LogP) is 13.2. The van der Waals surface area contributed by atoms with Crippen LogP contribution in [0.15, 0.2) is 174 Å². The lowest BCUT2D eigenvalue weighted by atomic mass is 9.84. The topological polar surface area (TPSA) is 13.1 Å². The van der Waals surface area contributed by atoms with Crippen LogP contribution in [-0.4, -0.2) is 0 Å². The summed E-state index contributed by atoms with van der Waals surface area (Å²) in [5.41, 5.74) is 3.71. The third kappa shape index (κ3) is 3.90. The molecule has 10 rings (SSSR count). The first-order valence-corrected chi connectivity index (χ1v) is 15.2. The zero-order chi connectivity index (χ0) is 41.3. The average molecular weight is 609 g/mol. The molecule has 0 atom stereocenters.